The summed E-state index contributed by atoms with van der Waals surface area (Å²) >= 11 is 8.85. The SMILES string of the molecule is O=C(OOP(=O)(O)O)C(CBr)=C(Br)Br. The highest BCUT2D eigenvalue weighted by molar-refractivity contribution is 9.28. The molecule has 0 aromatic rings. The van der Waals surface area contributed by atoms with Gasteiger partial charge in [-0.15, -0.1) is 0 Å². The molecule has 0 aliphatic heterocycles. The first-order chi connectivity index (χ1) is 6.28. The van der Waals surface area contributed by atoms with Crippen LogP contribution in [0.5, 0.6) is 0 Å². The van der Waals surface area contributed by atoms with E-state index in [1.54, 1.807) is 0 Å². The summed E-state index contributed by atoms with van der Waals surface area (Å²) in [4.78, 5) is 31.3. The second-order valence-electron chi connectivity index (χ2n) is 1.81. The van der Waals surface area contributed by atoms with Gasteiger partial charge in [-0.2, -0.15) is 0 Å². The molecule has 82 valence electrons. The van der Waals surface area contributed by atoms with Crippen LogP contribution in [0.25, 0.3) is 0 Å². The Hall–Kier alpha value is 0.760. The summed E-state index contributed by atoms with van der Waals surface area (Å²) in [5.41, 5.74) is 0.0819. The van der Waals surface area contributed by atoms with Gasteiger partial charge in [0.05, 0.1) is 8.96 Å². The van der Waals surface area contributed by atoms with Gasteiger partial charge in [-0.05, 0) is 31.9 Å². The summed E-state index contributed by atoms with van der Waals surface area (Å²) in [7, 11) is -4.81. The molecule has 0 bridgehead atoms. The number of carbonyl (C=O) groups is 1. The van der Waals surface area contributed by atoms with Gasteiger partial charge in [-0.25, -0.2) is 9.36 Å². The molecule has 14 heavy (non-hydrogen) atoms. The summed E-state index contributed by atoms with van der Waals surface area (Å²) in [6.07, 6.45) is 0. The van der Waals surface area contributed by atoms with Crippen molar-refractivity contribution >= 4 is 61.6 Å². The molecule has 0 aromatic carbocycles. The molecule has 0 aromatic heterocycles. The molecular formula is C4H4Br3O6P. The van der Waals surface area contributed by atoms with Gasteiger partial charge in [0.1, 0.15) is 0 Å². The third-order valence-corrected chi connectivity index (χ3v) is 2.60. The molecule has 0 amide bonds. The first kappa shape index (κ1) is 14.8. The summed E-state index contributed by atoms with van der Waals surface area (Å²) in [6, 6.07) is 0. The lowest BCUT2D eigenvalue weighted by Crippen LogP contribution is -2.09. The number of halogens is 3. The second kappa shape index (κ2) is 6.37. The van der Waals surface area contributed by atoms with Crippen LogP contribution in [0.2, 0.25) is 0 Å². The molecule has 6 nitrogen and oxygen atoms in total. The van der Waals surface area contributed by atoms with Crippen molar-refractivity contribution in [2.24, 2.45) is 0 Å². The van der Waals surface area contributed by atoms with E-state index in [9.17, 15) is 9.36 Å². The Morgan fingerprint density at radius 3 is 2.14 bits per heavy atom. The highest BCUT2D eigenvalue weighted by Gasteiger charge is 2.21. The molecular weight excluding hydrogens is 415 g/mol. The lowest BCUT2D eigenvalue weighted by atomic mass is 10.4. The lowest BCUT2D eigenvalue weighted by Gasteiger charge is -2.05. The van der Waals surface area contributed by atoms with Gasteiger partial charge in [0.25, 0.3) is 0 Å². The summed E-state index contributed by atoms with van der Waals surface area (Å²) in [5, 5.41) is 0.127. The molecule has 0 saturated heterocycles. The largest absolute Gasteiger partial charge is 0.505 e. The monoisotopic (exact) mass is 416 g/mol. The molecule has 0 unspecified atom stereocenters. The standard InChI is InChI=1S/C4H4Br3O6P/c5-1-2(3(6)7)4(8)12-13-14(9,10)11/h1H2,(H2,9,10,11). The van der Waals surface area contributed by atoms with Gasteiger partial charge in [-0.1, -0.05) is 20.6 Å². The van der Waals surface area contributed by atoms with Crippen LogP contribution in [-0.2, 0) is 18.9 Å². The van der Waals surface area contributed by atoms with E-state index in [4.69, 9.17) is 9.79 Å². The highest BCUT2D eigenvalue weighted by Crippen LogP contribution is 2.36. The van der Waals surface area contributed by atoms with Crippen LogP contribution in [0.3, 0.4) is 0 Å². The fourth-order valence-corrected chi connectivity index (χ4v) is 2.35. The van der Waals surface area contributed by atoms with E-state index in [0.717, 1.165) is 0 Å². The van der Waals surface area contributed by atoms with Crippen LogP contribution in [-0.4, -0.2) is 21.1 Å². The van der Waals surface area contributed by atoms with Gasteiger partial charge in [0.15, 0.2) is 0 Å². The number of rotatable bonds is 4. The van der Waals surface area contributed by atoms with Crippen molar-refractivity contribution in [3.63, 3.8) is 0 Å². The van der Waals surface area contributed by atoms with Crippen molar-refractivity contribution in [2.45, 2.75) is 0 Å². The minimum absolute atomic E-state index is 0.0819. The minimum Gasteiger partial charge on any atom is -0.301 e. The zero-order valence-corrected chi connectivity index (χ0v) is 12.0. The maximum absolute atomic E-state index is 11.0. The van der Waals surface area contributed by atoms with Gasteiger partial charge in [-0.3, -0.25) is 4.89 Å². The normalized spacial score (nSPS) is 10.9. The van der Waals surface area contributed by atoms with E-state index >= 15 is 0 Å². The van der Waals surface area contributed by atoms with Crippen molar-refractivity contribution < 1.29 is 28.7 Å². The molecule has 0 radical (unpaired) electrons. The molecule has 0 fully saturated rings. The van der Waals surface area contributed by atoms with Crippen LogP contribution < -0.4 is 0 Å². The average Bonchev–Trinajstić information content (AvgIpc) is 2.00. The number of carbonyl (C=O) groups excluding carboxylic acids is 1. The Morgan fingerprint density at radius 1 is 1.36 bits per heavy atom. The van der Waals surface area contributed by atoms with Crippen molar-refractivity contribution in [1.82, 2.24) is 0 Å². The van der Waals surface area contributed by atoms with Gasteiger partial charge in [0.2, 0.25) is 0 Å². The number of phosphoric acid groups is 1. The Kier molecular flexibility index (Phi) is 6.71. The first-order valence-corrected chi connectivity index (χ1v) is 7.08. The molecule has 0 aliphatic carbocycles. The molecule has 0 spiro atoms. The highest BCUT2D eigenvalue weighted by atomic mass is 79.9. The number of alkyl halides is 1. The smallest absolute Gasteiger partial charge is 0.301 e. The Balaban J connectivity index is 4.36. The topological polar surface area (TPSA) is 93.1 Å². The van der Waals surface area contributed by atoms with Crippen molar-refractivity contribution in [3.05, 3.63) is 8.96 Å². The van der Waals surface area contributed by atoms with Crippen molar-refractivity contribution in [3.8, 4) is 0 Å². The summed E-state index contributed by atoms with van der Waals surface area (Å²) in [5.74, 6) is -1.02. The van der Waals surface area contributed by atoms with Crippen LogP contribution in [0, 0.1) is 0 Å². The fraction of sp³-hybridized carbons (Fsp3) is 0.250. The fourth-order valence-electron chi connectivity index (χ4n) is 0.315. The van der Waals surface area contributed by atoms with E-state index in [2.05, 4.69) is 57.4 Å². The van der Waals surface area contributed by atoms with Crippen LogP contribution in [0.4, 0.5) is 0 Å². The Labute approximate surface area is 104 Å². The van der Waals surface area contributed by atoms with Gasteiger partial charge >= 0.3 is 13.8 Å². The van der Waals surface area contributed by atoms with E-state index < -0.39 is 13.8 Å². The van der Waals surface area contributed by atoms with E-state index in [0.29, 0.717) is 3.39 Å². The predicted octanol–water partition coefficient (Wildman–Crippen LogP) is 1.95. The third kappa shape index (κ3) is 6.28. The number of hydrogen-bond donors (Lipinski definition) is 2. The molecule has 2 N–H and O–H groups in total. The molecule has 0 aliphatic rings. The first-order valence-electron chi connectivity index (χ1n) is 2.84. The molecule has 0 rings (SSSR count). The van der Waals surface area contributed by atoms with Gasteiger partial charge in [0, 0.05) is 5.33 Å². The molecule has 0 heterocycles. The minimum atomic E-state index is -4.81. The van der Waals surface area contributed by atoms with E-state index in [1.807, 2.05) is 0 Å². The average molecular weight is 419 g/mol. The maximum Gasteiger partial charge on any atom is 0.505 e. The summed E-state index contributed by atoms with van der Waals surface area (Å²) in [6.45, 7) is 0. The van der Waals surface area contributed by atoms with Gasteiger partial charge < -0.3 is 9.79 Å². The second-order valence-corrected chi connectivity index (χ2v) is 6.15. The lowest BCUT2D eigenvalue weighted by molar-refractivity contribution is -0.217. The van der Waals surface area contributed by atoms with Crippen LogP contribution >= 0.6 is 55.6 Å². The Morgan fingerprint density at radius 2 is 1.86 bits per heavy atom. The third-order valence-electron chi connectivity index (χ3n) is 0.818. The Bertz CT molecular complexity index is 291. The van der Waals surface area contributed by atoms with Crippen molar-refractivity contribution in [1.29, 1.82) is 0 Å². The number of hydrogen-bond acceptors (Lipinski definition) is 4. The zero-order valence-electron chi connectivity index (χ0n) is 6.32. The van der Waals surface area contributed by atoms with E-state index in [1.165, 1.54) is 0 Å². The van der Waals surface area contributed by atoms with E-state index in [-0.39, 0.29) is 10.9 Å². The van der Waals surface area contributed by atoms with Crippen LogP contribution in [0.15, 0.2) is 8.96 Å². The quantitative estimate of drug-likeness (QED) is 0.238. The zero-order chi connectivity index (χ0) is 11.4. The summed E-state index contributed by atoms with van der Waals surface area (Å²) < 4.78 is 14.0. The van der Waals surface area contributed by atoms with Crippen LogP contribution in [0.1, 0.15) is 0 Å². The maximum atomic E-state index is 11.0. The molecule has 10 heteroatoms. The molecule has 0 atom stereocenters. The van der Waals surface area contributed by atoms with Crippen molar-refractivity contribution in [2.75, 3.05) is 5.33 Å². The predicted molar refractivity (Wildman–Crippen MR) is 57.9 cm³/mol. The molecule has 0 saturated carbocycles.